The van der Waals surface area contributed by atoms with Crippen molar-refractivity contribution >= 4 is 39.3 Å². The molecule has 0 saturated heterocycles. The third kappa shape index (κ3) is 3.22. The molecule has 0 atom stereocenters. The van der Waals surface area contributed by atoms with Crippen LogP contribution in [0, 0.1) is 0 Å². The number of anilines is 1. The molecule has 4 rings (SSSR count). The number of ether oxygens (including phenoxy) is 1. The average molecular weight is 405 g/mol. The number of nitrogens with one attached hydrogen (secondary N) is 1. The molecule has 0 radical (unpaired) electrons. The minimum absolute atomic E-state index is 0.149. The number of carbonyl (C=O) groups excluding carboxylic acids is 1. The van der Waals surface area contributed by atoms with E-state index in [4.69, 9.17) is 16.3 Å². The summed E-state index contributed by atoms with van der Waals surface area (Å²) in [7, 11) is -2.14. The molecule has 1 amide bonds. The first-order valence-corrected chi connectivity index (χ1v) is 10.3. The molecule has 0 fully saturated rings. The maximum atomic E-state index is 13.0. The van der Waals surface area contributed by atoms with Crippen molar-refractivity contribution in [3.05, 3.63) is 58.1 Å². The van der Waals surface area contributed by atoms with Gasteiger partial charge in [0.1, 0.15) is 12.4 Å². The Morgan fingerprint density at radius 1 is 1.22 bits per heavy atom. The molecular formula is C19H17ClN2O4S. The molecule has 27 heavy (non-hydrogen) atoms. The van der Waals surface area contributed by atoms with Gasteiger partial charge in [-0.15, -0.1) is 0 Å². The van der Waals surface area contributed by atoms with Gasteiger partial charge >= 0.3 is 0 Å². The van der Waals surface area contributed by atoms with Gasteiger partial charge in [-0.05, 0) is 61.5 Å². The predicted octanol–water partition coefficient (Wildman–Crippen LogP) is 2.61. The summed E-state index contributed by atoms with van der Waals surface area (Å²) in [5.41, 5.74) is 2.87. The molecule has 0 unspecified atom stereocenters. The van der Waals surface area contributed by atoms with Crippen LogP contribution in [-0.2, 0) is 21.2 Å². The fourth-order valence-electron chi connectivity index (χ4n) is 3.32. The first-order valence-electron chi connectivity index (χ1n) is 8.40. The number of hydrogen-bond donors (Lipinski definition) is 1. The lowest BCUT2D eigenvalue weighted by molar-refractivity contribution is -0.115. The Morgan fingerprint density at radius 3 is 2.81 bits per heavy atom. The molecule has 0 saturated carbocycles. The topological polar surface area (TPSA) is 75.7 Å². The molecule has 2 aromatic rings. The molecule has 140 valence electrons. The van der Waals surface area contributed by atoms with Gasteiger partial charge in [-0.3, -0.25) is 4.79 Å². The Morgan fingerprint density at radius 2 is 2.04 bits per heavy atom. The van der Waals surface area contributed by atoms with Crippen LogP contribution in [0.5, 0.6) is 5.75 Å². The maximum absolute atomic E-state index is 13.0. The lowest BCUT2D eigenvalue weighted by Crippen LogP contribution is -2.32. The summed E-state index contributed by atoms with van der Waals surface area (Å²) in [6, 6.07) is 10.1. The van der Waals surface area contributed by atoms with Gasteiger partial charge in [0.2, 0.25) is 10.0 Å². The maximum Gasteiger partial charge on any atom is 0.257 e. The van der Waals surface area contributed by atoms with E-state index >= 15 is 0 Å². The molecule has 0 aliphatic carbocycles. The summed E-state index contributed by atoms with van der Waals surface area (Å²) in [5.74, 6) is 0.545. The second-order valence-electron chi connectivity index (χ2n) is 6.35. The van der Waals surface area contributed by atoms with Crippen LogP contribution in [0.15, 0.2) is 46.9 Å². The van der Waals surface area contributed by atoms with Crippen LogP contribution in [0.2, 0.25) is 5.02 Å². The second kappa shape index (κ2) is 6.67. The van der Waals surface area contributed by atoms with Crippen LogP contribution in [0.4, 0.5) is 5.69 Å². The zero-order chi connectivity index (χ0) is 19.2. The minimum Gasteiger partial charge on any atom is -0.488 e. The van der Waals surface area contributed by atoms with Crippen molar-refractivity contribution in [1.29, 1.82) is 0 Å². The summed E-state index contributed by atoms with van der Waals surface area (Å²) in [6.07, 6.45) is 2.40. The van der Waals surface area contributed by atoms with E-state index in [-0.39, 0.29) is 17.4 Å². The highest BCUT2D eigenvalue weighted by Gasteiger charge is 2.29. The summed E-state index contributed by atoms with van der Waals surface area (Å²) in [4.78, 5) is 14.9. The summed E-state index contributed by atoms with van der Waals surface area (Å²) in [6.45, 7) is 0.683. The highest BCUT2D eigenvalue weighted by Crippen LogP contribution is 2.34. The van der Waals surface area contributed by atoms with Gasteiger partial charge in [0, 0.05) is 22.8 Å². The number of carbonyl (C=O) groups is 1. The van der Waals surface area contributed by atoms with Crippen molar-refractivity contribution in [2.75, 3.05) is 25.1 Å². The lowest BCUT2D eigenvalue weighted by atomic mass is 10.1. The Labute approximate surface area is 162 Å². The fourth-order valence-corrected chi connectivity index (χ4v) is 4.28. The van der Waals surface area contributed by atoms with Crippen molar-refractivity contribution < 1.29 is 17.9 Å². The first-order chi connectivity index (χ1) is 12.9. The number of benzene rings is 2. The molecule has 2 aliphatic rings. The molecule has 2 heterocycles. The Hall–Kier alpha value is -2.35. The number of nitrogens with zero attached hydrogens (tertiary/aromatic N) is 1. The monoisotopic (exact) mass is 404 g/mol. The van der Waals surface area contributed by atoms with Crippen LogP contribution < -0.4 is 14.4 Å². The van der Waals surface area contributed by atoms with E-state index in [1.807, 2.05) is 0 Å². The van der Waals surface area contributed by atoms with Gasteiger partial charge in [0.05, 0.1) is 10.5 Å². The van der Waals surface area contributed by atoms with Crippen LogP contribution in [0.3, 0.4) is 0 Å². The molecule has 8 heteroatoms. The fraction of sp³-hybridized carbons (Fsp3) is 0.211. The highest BCUT2D eigenvalue weighted by atomic mass is 35.5. The van der Waals surface area contributed by atoms with Crippen molar-refractivity contribution in [2.45, 2.75) is 11.3 Å². The first kappa shape index (κ1) is 18.0. The van der Waals surface area contributed by atoms with Crippen molar-refractivity contribution in [3.8, 4) is 5.75 Å². The van der Waals surface area contributed by atoms with Gasteiger partial charge in [-0.25, -0.2) is 13.1 Å². The van der Waals surface area contributed by atoms with E-state index in [1.165, 1.54) is 13.1 Å². The molecule has 2 aliphatic heterocycles. The molecular weight excluding hydrogens is 388 g/mol. The normalized spacial score (nSPS) is 15.6. The molecule has 0 aromatic heterocycles. The van der Waals surface area contributed by atoms with Gasteiger partial charge < -0.3 is 9.64 Å². The highest BCUT2D eigenvalue weighted by molar-refractivity contribution is 7.89. The predicted molar refractivity (Wildman–Crippen MR) is 104 cm³/mol. The zero-order valence-electron chi connectivity index (χ0n) is 14.5. The quantitative estimate of drug-likeness (QED) is 0.853. The number of amides is 1. The largest absolute Gasteiger partial charge is 0.488 e. The molecule has 0 spiro atoms. The van der Waals surface area contributed by atoms with E-state index in [9.17, 15) is 13.2 Å². The van der Waals surface area contributed by atoms with E-state index in [0.29, 0.717) is 29.3 Å². The number of fused-ring (bicyclic) bond motifs is 2. The van der Waals surface area contributed by atoms with Crippen molar-refractivity contribution in [2.24, 2.45) is 0 Å². The van der Waals surface area contributed by atoms with Crippen LogP contribution in [0.1, 0.15) is 11.1 Å². The number of rotatable bonds is 3. The lowest BCUT2D eigenvalue weighted by Gasteiger charge is -2.23. The SMILES string of the molecule is CNS(=O)(=O)c1ccc2c(c1)CCN2C(=O)C1=Cc2cc(Cl)ccc2OC1. The Balaban J connectivity index is 1.64. The Bertz CT molecular complexity index is 1080. The number of halogens is 1. The van der Waals surface area contributed by atoms with Crippen LogP contribution in [-0.4, -0.2) is 34.5 Å². The molecule has 6 nitrogen and oxygen atoms in total. The summed E-state index contributed by atoms with van der Waals surface area (Å²) < 4.78 is 31.9. The molecule has 2 aromatic carbocycles. The standard InChI is InChI=1S/C19H17ClN2O4S/c1-21-27(24,25)16-3-4-17-12(10-16)6-7-22(17)19(23)14-8-13-9-15(20)2-5-18(13)26-11-14/h2-5,8-10,21H,6-7,11H2,1H3. The zero-order valence-corrected chi connectivity index (χ0v) is 16.1. The van der Waals surface area contributed by atoms with Crippen LogP contribution >= 0.6 is 11.6 Å². The number of sulfonamides is 1. The van der Waals surface area contributed by atoms with Gasteiger partial charge in [0.15, 0.2) is 0 Å². The van der Waals surface area contributed by atoms with Gasteiger partial charge in [-0.1, -0.05) is 11.6 Å². The third-order valence-electron chi connectivity index (χ3n) is 4.73. The number of hydrogen-bond acceptors (Lipinski definition) is 4. The van der Waals surface area contributed by atoms with E-state index in [1.54, 1.807) is 41.3 Å². The Kier molecular flexibility index (Phi) is 4.46. The molecule has 1 N–H and O–H groups in total. The van der Waals surface area contributed by atoms with E-state index < -0.39 is 10.0 Å². The van der Waals surface area contributed by atoms with Gasteiger partial charge in [0.25, 0.3) is 5.91 Å². The summed E-state index contributed by atoms with van der Waals surface area (Å²) >= 11 is 6.03. The van der Waals surface area contributed by atoms with Crippen molar-refractivity contribution in [3.63, 3.8) is 0 Å². The third-order valence-corrected chi connectivity index (χ3v) is 6.38. The smallest absolute Gasteiger partial charge is 0.257 e. The average Bonchev–Trinajstić information content (AvgIpc) is 3.10. The molecule has 0 bridgehead atoms. The van der Waals surface area contributed by atoms with Crippen molar-refractivity contribution in [1.82, 2.24) is 4.72 Å². The van der Waals surface area contributed by atoms with Crippen LogP contribution in [0.25, 0.3) is 6.08 Å². The minimum atomic E-state index is -3.51. The van der Waals surface area contributed by atoms with E-state index in [2.05, 4.69) is 4.72 Å². The van der Waals surface area contributed by atoms with E-state index in [0.717, 1.165) is 16.8 Å². The van der Waals surface area contributed by atoms with Gasteiger partial charge in [-0.2, -0.15) is 0 Å². The summed E-state index contributed by atoms with van der Waals surface area (Å²) in [5, 5.41) is 0.576. The second-order valence-corrected chi connectivity index (χ2v) is 8.67.